The molecule has 106 valence electrons. The van der Waals surface area contributed by atoms with Crippen LogP contribution in [0.2, 0.25) is 0 Å². The molecule has 3 rings (SSSR count). The highest BCUT2D eigenvalue weighted by atomic mass is 127. The predicted molar refractivity (Wildman–Crippen MR) is 99.5 cm³/mol. The SMILES string of the molecule is Cc1ccc(-c2ccc(-c3ccc(C#N)cc3)cc2)cc1I. The lowest BCUT2D eigenvalue weighted by Gasteiger charge is -2.07. The maximum absolute atomic E-state index is 8.85. The molecule has 0 N–H and O–H groups in total. The Kier molecular flexibility index (Phi) is 4.26. The molecule has 0 aromatic heterocycles. The van der Waals surface area contributed by atoms with E-state index in [1.807, 2.05) is 24.3 Å². The van der Waals surface area contributed by atoms with E-state index in [0.29, 0.717) is 5.56 Å². The molecule has 0 bridgehead atoms. The molecule has 0 saturated heterocycles. The molecule has 2 heteroatoms. The van der Waals surface area contributed by atoms with Crippen molar-refractivity contribution < 1.29 is 0 Å². The Bertz CT molecular complexity index is 840. The van der Waals surface area contributed by atoms with Gasteiger partial charge in [0, 0.05) is 3.57 Å². The monoisotopic (exact) mass is 395 g/mol. The van der Waals surface area contributed by atoms with Crippen LogP contribution in [0.3, 0.4) is 0 Å². The lowest BCUT2D eigenvalue weighted by Crippen LogP contribution is -1.84. The van der Waals surface area contributed by atoms with Crippen molar-refractivity contribution in [3.05, 3.63) is 81.4 Å². The highest BCUT2D eigenvalue weighted by molar-refractivity contribution is 14.1. The fraction of sp³-hybridized carbons (Fsp3) is 0.0500. The van der Waals surface area contributed by atoms with Crippen LogP contribution in [0.25, 0.3) is 22.3 Å². The normalized spacial score (nSPS) is 10.2. The average molecular weight is 395 g/mol. The van der Waals surface area contributed by atoms with E-state index >= 15 is 0 Å². The molecule has 0 unspecified atom stereocenters. The van der Waals surface area contributed by atoms with Gasteiger partial charge in [0.05, 0.1) is 11.6 Å². The third-order valence-electron chi connectivity index (χ3n) is 3.74. The lowest BCUT2D eigenvalue weighted by atomic mass is 9.99. The summed E-state index contributed by atoms with van der Waals surface area (Å²) in [6.45, 7) is 2.12. The Morgan fingerprint density at radius 1 is 0.727 bits per heavy atom. The van der Waals surface area contributed by atoms with Crippen LogP contribution in [0.4, 0.5) is 0 Å². The van der Waals surface area contributed by atoms with Gasteiger partial charge in [0.1, 0.15) is 0 Å². The predicted octanol–water partition coefficient (Wildman–Crippen LogP) is 5.81. The summed E-state index contributed by atoms with van der Waals surface area (Å²) >= 11 is 2.37. The Hall–Kier alpha value is -2.12. The highest BCUT2D eigenvalue weighted by Gasteiger charge is 2.02. The molecule has 0 aliphatic heterocycles. The summed E-state index contributed by atoms with van der Waals surface area (Å²) in [5.41, 5.74) is 6.74. The van der Waals surface area contributed by atoms with Crippen LogP contribution in [0.1, 0.15) is 11.1 Å². The number of hydrogen-bond acceptors (Lipinski definition) is 1. The molecule has 0 radical (unpaired) electrons. The quantitative estimate of drug-likeness (QED) is 0.503. The Labute approximate surface area is 144 Å². The van der Waals surface area contributed by atoms with E-state index in [4.69, 9.17) is 5.26 Å². The van der Waals surface area contributed by atoms with Crippen LogP contribution in [-0.4, -0.2) is 0 Å². The van der Waals surface area contributed by atoms with Gasteiger partial charge in [-0.25, -0.2) is 0 Å². The molecule has 22 heavy (non-hydrogen) atoms. The van der Waals surface area contributed by atoms with Gasteiger partial charge < -0.3 is 0 Å². The number of nitrogens with zero attached hydrogens (tertiary/aromatic N) is 1. The van der Waals surface area contributed by atoms with Gasteiger partial charge in [0.15, 0.2) is 0 Å². The van der Waals surface area contributed by atoms with E-state index in [0.717, 1.165) is 11.1 Å². The van der Waals surface area contributed by atoms with Crippen LogP contribution < -0.4 is 0 Å². The second kappa shape index (κ2) is 6.33. The maximum atomic E-state index is 8.85. The lowest BCUT2D eigenvalue weighted by molar-refractivity contribution is 1.42. The van der Waals surface area contributed by atoms with E-state index < -0.39 is 0 Å². The summed E-state index contributed by atoms with van der Waals surface area (Å²) in [6.07, 6.45) is 0. The van der Waals surface area contributed by atoms with Crippen LogP contribution in [0, 0.1) is 21.8 Å². The number of hydrogen-bond donors (Lipinski definition) is 0. The van der Waals surface area contributed by atoms with Crippen LogP contribution >= 0.6 is 22.6 Å². The van der Waals surface area contributed by atoms with Crippen molar-refractivity contribution in [3.63, 3.8) is 0 Å². The van der Waals surface area contributed by atoms with Gasteiger partial charge in [-0.2, -0.15) is 5.26 Å². The van der Waals surface area contributed by atoms with Gasteiger partial charge in [0.25, 0.3) is 0 Å². The summed E-state index contributed by atoms with van der Waals surface area (Å²) in [7, 11) is 0. The highest BCUT2D eigenvalue weighted by Crippen LogP contribution is 2.27. The second-order valence-corrected chi connectivity index (χ2v) is 6.39. The third-order valence-corrected chi connectivity index (χ3v) is 4.90. The first kappa shape index (κ1) is 14.8. The summed E-state index contributed by atoms with van der Waals surface area (Å²) in [6, 6.07) is 24.9. The van der Waals surface area contributed by atoms with E-state index in [-0.39, 0.29) is 0 Å². The summed E-state index contributed by atoms with van der Waals surface area (Å²) in [4.78, 5) is 0. The van der Waals surface area contributed by atoms with Crippen LogP contribution in [0.5, 0.6) is 0 Å². The molecule has 3 aromatic rings. The number of nitriles is 1. The van der Waals surface area contributed by atoms with Gasteiger partial charge >= 0.3 is 0 Å². The first-order valence-corrected chi connectivity index (χ1v) is 8.12. The molecule has 0 saturated carbocycles. The van der Waals surface area contributed by atoms with E-state index in [1.54, 1.807) is 0 Å². The molecule has 3 aromatic carbocycles. The standard InChI is InChI=1S/C20H14IN/c1-14-2-5-19(12-20(14)21)18-10-8-17(9-11-18)16-6-3-15(13-22)4-7-16/h2-12H,1H3. The van der Waals surface area contributed by atoms with Gasteiger partial charge in [-0.1, -0.05) is 48.5 Å². The van der Waals surface area contributed by atoms with Crippen molar-refractivity contribution in [2.45, 2.75) is 6.92 Å². The maximum Gasteiger partial charge on any atom is 0.0991 e. The fourth-order valence-electron chi connectivity index (χ4n) is 2.36. The first-order valence-electron chi connectivity index (χ1n) is 7.04. The molecule has 0 atom stereocenters. The minimum absolute atomic E-state index is 0.689. The Morgan fingerprint density at radius 2 is 1.18 bits per heavy atom. The van der Waals surface area contributed by atoms with Gasteiger partial charge in [0.2, 0.25) is 0 Å². The average Bonchev–Trinajstić information content (AvgIpc) is 2.58. The molecule has 0 aliphatic rings. The van der Waals surface area contributed by atoms with Crippen molar-refractivity contribution in [1.82, 2.24) is 0 Å². The minimum atomic E-state index is 0.689. The molecule has 0 fully saturated rings. The molecule has 0 heterocycles. The summed E-state index contributed by atoms with van der Waals surface area (Å²) < 4.78 is 1.28. The molecule has 0 aliphatic carbocycles. The van der Waals surface area contributed by atoms with E-state index in [1.165, 1.54) is 20.3 Å². The van der Waals surface area contributed by atoms with Crippen molar-refractivity contribution in [1.29, 1.82) is 5.26 Å². The van der Waals surface area contributed by atoms with Crippen molar-refractivity contribution in [2.24, 2.45) is 0 Å². The second-order valence-electron chi connectivity index (χ2n) is 5.23. The summed E-state index contributed by atoms with van der Waals surface area (Å²) in [5, 5.41) is 8.85. The largest absolute Gasteiger partial charge is 0.192 e. The van der Waals surface area contributed by atoms with Crippen LogP contribution in [0.15, 0.2) is 66.7 Å². The molecule has 0 spiro atoms. The first-order chi connectivity index (χ1) is 10.7. The molecular formula is C20H14IN. The van der Waals surface area contributed by atoms with E-state index in [2.05, 4.69) is 78.0 Å². The van der Waals surface area contributed by atoms with Crippen molar-refractivity contribution >= 4 is 22.6 Å². The minimum Gasteiger partial charge on any atom is -0.192 e. The summed E-state index contributed by atoms with van der Waals surface area (Å²) in [5.74, 6) is 0. The number of benzene rings is 3. The van der Waals surface area contributed by atoms with Crippen molar-refractivity contribution in [3.8, 4) is 28.3 Å². The van der Waals surface area contributed by atoms with Crippen LogP contribution in [-0.2, 0) is 0 Å². The molecular weight excluding hydrogens is 381 g/mol. The number of aryl methyl sites for hydroxylation is 1. The number of rotatable bonds is 2. The van der Waals surface area contributed by atoms with Gasteiger partial charge in [-0.15, -0.1) is 0 Å². The molecule has 0 amide bonds. The van der Waals surface area contributed by atoms with E-state index in [9.17, 15) is 0 Å². The molecule has 1 nitrogen and oxygen atoms in total. The zero-order valence-corrected chi connectivity index (χ0v) is 14.3. The Balaban J connectivity index is 1.91. The van der Waals surface area contributed by atoms with Gasteiger partial charge in [-0.05, 0) is 75.5 Å². The number of halogens is 1. The van der Waals surface area contributed by atoms with Gasteiger partial charge in [-0.3, -0.25) is 0 Å². The Morgan fingerprint density at radius 3 is 1.68 bits per heavy atom. The zero-order chi connectivity index (χ0) is 15.5. The van der Waals surface area contributed by atoms with Crippen molar-refractivity contribution in [2.75, 3.05) is 0 Å². The third kappa shape index (κ3) is 3.05. The fourth-order valence-corrected chi connectivity index (χ4v) is 2.88. The smallest absolute Gasteiger partial charge is 0.0991 e. The topological polar surface area (TPSA) is 23.8 Å². The zero-order valence-electron chi connectivity index (χ0n) is 12.2.